The van der Waals surface area contributed by atoms with E-state index in [1.165, 1.54) is 0 Å². The summed E-state index contributed by atoms with van der Waals surface area (Å²) in [5.41, 5.74) is 5.83. The van der Waals surface area contributed by atoms with Gasteiger partial charge in [0.2, 0.25) is 5.91 Å². The SMILES string of the molecule is CC(C)CN(C)C(=O)C1CCC(N)CC1. The van der Waals surface area contributed by atoms with Crippen molar-refractivity contribution in [2.24, 2.45) is 17.6 Å². The predicted octanol–water partition coefficient (Wildman–Crippen LogP) is 1.62. The van der Waals surface area contributed by atoms with Crippen molar-refractivity contribution in [3.8, 4) is 0 Å². The molecule has 0 heterocycles. The molecule has 3 heteroatoms. The maximum absolute atomic E-state index is 12.0. The Morgan fingerprint density at radius 3 is 2.33 bits per heavy atom. The van der Waals surface area contributed by atoms with E-state index in [0.29, 0.717) is 17.9 Å². The van der Waals surface area contributed by atoms with Crippen LogP contribution in [-0.2, 0) is 4.79 Å². The van der Waals surface area contributed by atoms with Crippen molar-refractivity contribution in [2.75, 3.05) is 13.6 Å². The van der Waals surface area contributed by atoms with E-state index in [-0.39, 0.29) is 5.92 Å². The third-order valence-electron chi connectivity index (χ3n) is 3.14. The summed E-state index contributed by atoms with van der Waals surface area (Å²) in [6, 6.07) is 0.324. The van der Waals surface area contributed by atoms with Gasteiger partial charge in [0.1, 0.15) is 0 Å². The molecular weight excluding hydrogens is 188 g/mol. The predicted molar refractivity (Wildman–Crippen MR) is 62.4 cm³/mol. The Labute approximate surface area is 93.0 Å². The van der Waals surface area contributed by atoms with Crippen LogP contribution in [0.2, 0.25) is 0 Å². The lowest BCUT2D eigenvalue weighted by Crippen LogP contribution is -2.38. The van der Waals surface area contributed by atoms with Crippen LogP contribution in [0.15, 0.2) is 0 Å². The molecule has 0 aromatic rings. The maximum atomic E-state index is 12.0. The Kier molecular flexibility index (Phi) is 4.58. The highest BCUT2D eigenvalue weighted by Crippen LogP contribution is 2.24. The average Bonchev–Trinajstić information content (AvgIpc) is 2.17. The van der Waals surface area contributed by atoms with E-state index < -0.39 is 0 Å². The molecule has 0 atom stereocenters. The largest absolute Gasteiger partial charge is 0.345 e. The number of nitrogens with zero attached hydrogens (tertiary/aromatic N) is 1. The fraction of sp³-hybridized carbons (Fsp3) is 0.917. The summed E-state index contributed by atoms with van der Waals surface area (Å²) in [7, 11) is 1.91. The molecule has 0 bridgehead atoms. The van der Waals surface area contributed by atoms with Crippen molar-refractivity contribution in [1.29, 1.82) is 0 Å². The smallest absolute Gasteiger partial charge is 0.225 e. The lowest BCUT2D eigenvalue weighted by Gasteiger charge is -2.29. The summed E-state index contributed by atoms with van der Waals surface area (Å²) in [6.45, 7) is 5.14. The zero-order valence-electron chi connectivity index (χ0n) is 10.2. The monoisotopic (exact) mass is 212 g/mol. The third-order valence-corrected chi connectivity index (χ3v) is 3.14. The van der Waals surface area contributed by atoms with Crippen LogP contribution in [0.1, 0.15) is 39.5 Å². The fourth-order valence-corrected chi connectivity index (χ4v) is 2.32. The summed E-state index contributed by atoms with van der Waals surface area (Å²) in [4.78, 5) is 13.9. The summed E-state index contributed by atoms with van der Waals surface area (Å²) in [5, 5.41) is 0. The molecule has 0 unspecified atom stereocenters. The molecule has 15 heavy (non-hydrogen) atoms. The normalized spacial score (nSPS) is 26.7. The number of carbonyl (C=O) groups excluding carboxylic acids is 1. The number of amides is 1. The molecular formula is C12H24N2O. The van der Waals surface area contributed by atoms with Crippen molar-refractivity contribution in [1.82, 2.24) is 4.90 Å². The Morgan fingerprint density at radius 2 is 1.87 bits per heavy atom. The fourth-order valence-electron chi connectivity index (χ4n) is 2.32. The van der Waals surface area contributed by atoms with Crippen LogP contribution in [0, 0.1) is 11.8 Å². The van der Waals surface area contributed by atoms with E-state index in [9.17, 15) is 4.79 Å². The van der Waals surface area contributed by atoms with Gasteiger partial charge in [-0.05, 0) is 31.6 Å². The van der Waals surface area contributed by atoms with Gasteiger partial charge in [-0.2, -0.15) is 0 Å². The van der Waals surface area contributed by atoms with Gasteiger partial charge in [0.25, 0.3) is 0 Å². The quantitative estimate of drug-likeness (QED) is 0.772. The highest BCUT2D eigenvalue weighted by atomic mass is 16.2. The second kappa shape index (κ2) is 5.50. The van der Waals surface area contributed by atoms with Gasteiger partial charge in [0.05, 0.1) is 0 Å². The molecule has 1 saturated carbocycles. The number of nitrogens with two attached hydrogens (primary N) is 1. The zero-order valence-corrected chi connectivity index (χ0v) is 10.2. The van der Waals surface area contributed by atoms with Gasteiger partial charge in [-0.1, -0.05) is 13.8 Å². The second-order valence-corrected chi connectivity index (χ2v) is 5.22. The Morgan fingerprint density at radius 1 is 1.33 bits per heavy atom. The third kappa shape index (κ3) is 3.82. The van der Waals surface area contributed by atoms with Gasteiger partial charge in [0, 0.05) is 25.6 Å². The van der Waals surface area contributed by atoms with Crippen LogP contribution < -0.4 is 5.73 Å². The Hall–Kier alpha value is -0.570. The molecule has 0 aliphatic heterocycles. The second-order valence-electron chi connectivity index (χ2n) is 5.22. The van der Waals surface area contributed by atoms with Crippen molar-refractivity contribution in [3.63, 3.8) is 0 Å². The molecule has 3 nitrogen and oxygen atoms in total. The van der Waals surface area contributed by atoms with Crippen molar-refractivity contribution in [2.45, 2.75) is 45.6 Å². The van der Waals surface area contributed by atoms with E-state index in [4.69, 9.17) is 5.73 Å². The summed E-state index contributed by atoms with van der Waals surface area (Å²) >= 11 is 0. The Bertz CT molecular complexity index is 208. The summed E-state index contributed by atoms with van der Waals surface area (Å²) < 4.78 is 0. The van der Waals surface area contributed by atoms with Gasteiger partial charge in [0.15, 0.2) is 0 Å². The molecule has 1 rings (SSSR count). The summed E-state index contributed by atoms with van der Waals surface area (Å²) in [5.74, 6) is 1.09. The van der Waals surface area contributed by atoms with Crippen LogP contribution in [0.4, 0.5) is 0 Å². The van der Waals surface area contributed by atoms with Gasteiger partial charge in [-0.25, -0.2) is 0 Å². The van der Waals surface area contributed by atoms with E-state index >= 15 is 0 Å². The topological polar surface area (TPSA) is 46.3 Å². The highest BCUT2D eigenvalue weighted by molar-refractivity contribution is 5.78. The molecule has 1 aliphatic rings. The molecule has 1 fully saturated rings. The van der Waals surface area contributed by atoms with E-state index in [1.54, 1.807) is 0 Å². The van der Waals surface area contributed by atoms with Gasteiger partial charge < -0.3 is 10.6 Å². The number of rotatable bonds is 3. The minimum absolute atomic E-state index is 0.230. The molecule has 0 saturated heterocycles. The van der Waals surface area contributed by atoms with Crippen molar-refractivity contribution < 1.29 is 4.79 Å². The van der Waals surface area contributed by atoms with E-state index in [0.717, 1.165) is 32.2 Å². The minimum Gasteiger partial charge on any atom is -0.345 e. The highest BCUT2D eigenvalue weighted by Gasteiger charge is 2.26. The molecule has 0 aromatic heterocycles. The lowest BCUT2D eigenvalue weighted by molar-refractivity contribution is -0.135. The first kappa shape index (κ1) is 12.5. The molecule has 1 aliphatic carbocycles. The molecule has 0 spiro atoms. The first-order chi connectivity index (χ1) is 7.00. The van der Waals surface area contributed by atoms with Crippen molar-refractivity contribution in [3.05, 3.63) is 0 Å². The zero-order chi connectivity index (χ0) is 11.4. The number of carbonyl (C=O) groups is 1. The molecule has 0 aromatic carbocycles. The first-order valence-corrected chi connectivity index (χ1v) is 6.01. The van der Waals surface area contributed by atoms with Crippen molar-refractivity contribution >= 4 is 5.91 Å². The van der Waals surface area contributed by atoms with Gasteiger partial charge in [-0.3, -0.25) is 4.79 Å². The van der Waals surface area contributed by atoms with Gasteiger partial charge >= 0.3 is 0 Å². The standard InChI is InChI=1S/C12H24N2O/c1-9(2)8-14(3)12(15)10-4-6-11(13)7-5-10/h9-11H,4-8,13H2,1-3H3. The van der Waals surface area contributed by atoms with E-state index in [2.05, 4.69) is 13.8 Å². The number of hydrogen-bond acceptors (Lipinski definition) is 2. The molecule has 88 valence electrons. The lowest BCUT2D eigenvalue weighted by atomic mass is 9.85. The molecule has 2 N–H and O–H groups in total. The van der Waals surface area contributed by atoms with E-state index in [1.807, 2.05) is 11.9 Å². The van der Waals surface area contributed by atoms with Crippen LogP contribution >= 0.6 is 0 Å². The average molecular weight is 212 g/mol. The van der Waals surface area contributed by atoms with Crippen LogP contribution in [0.5, 0.6) is 0 Å². The number of hydrogen-bond donors (Lipinski definition) is 1. The Balaban J connectivity index is 2.39. The van der Waals surface area contributed by atoms with Crippen LogP contribution in [0.25, 0.3) is 0 Å². The van der Waals surface area contributed by atoms with Crippen LogP contribution in [0.3, 0.4) is 0 Å². The minimum atomic E-state index is 0.230. The van der Waals surface area contributed by atoms with Gasteiger partial charge in [-0.15, -0.1) is 0 Å². The first-order valence-electron chi connectivity index (χ1n) is 6.01. The molecule has 0 radical (unpaired) electrons. The van der Waals surface area contributed by atoms with Crippen LogP contribution in [-0.4, -0.2) is 30.4 Å². The summed E-state index contributed by atoms with van der Waals surface area (Å²) in [6.07, 6.45) is 3.96. The maximum Gasteiger partial charge on any atom is 0.225 e. The molecule has 1 amide bonds.